The average Bonchev–Trinajstić information content (AvgIpc) is 3.28. The molecule has 0 aliphatic carbocycles. The molecule has 1 saturated heterocycles. The Kier molecular flexibility index (Phi) is 4.75. The van der Waals surface area contributed by atoms with Gasteiger partial charge >= 0.3 is 5.97 Å². The molecular weight excluding hydrogens is 340 g/mol. The van der Waals surface area contributed by atoms with E-state index in [9.17, 15) is 19.7 Å². The topological polar surface area (TPSA) is 112 Å². The van der Waals surface area contributed by atoms with Crippen LogP contribution in [0.15, 0.2) is 53.1 Å². The SMILES string of the molecule is COC(=O)[C@@]1([C@@H](C[N+](=O)[O-])c2ccco2)C(=O)NC[C@H]1c1ccccc1. The number of carbonyl (C=O) groups excluding carboxylic acids is 2. The van der Waals surface area contributed by atoms with Crippen LogP contribution < -0.4 is 5.32 Å². The largest absolute Gasteiger partial charge is 0.469 e. The molecule has 1 amide bonds. The summed E-state index contributed by atoms with van der Waals surface area (Å²) in [6.45, 7) is -0.466. The second-order valence-corrected chi connectivity index (χ2v) is 6.12. The molecule has 8 nitrogen and oxygen atoms in total. The minimum atomic E-state index is -1.79. The molecule has 0 radical (unpaired) electrons. The summed E-state index contributed by atoms with van der Waals surface area (Å²) in [5.41, 5.74) is -1.07. The van der Waals surface area contributed by atoms with Crippen molar-refractivity contribution >= 4 is 11.9 Å². The number of hydrogen-bond acceptors (Lipinski definition) is 6. The van der Waals surface area contributed by atoms with Crippen molar-refractivity contribution in [3.05, 3.63) is 70.2 Å². The Morgan fingerprint density at radius 2 is 2.12 bits per heavy atom. The van der Waals surface area contributed by atoms with Gasteiger partial charge in [-0.1, -0.05) is 30.3 Å². The maximum Gasteiger partial charge on any atom is 0.323 e. The third kappa shape index (κ3) is 2.73. The molecule has 1 aromatic heterocycles. The highest BCUT2D eigenvalue weighted by Gasteiger charge is 2.64. The van der Waals surface area contributed by atoms with Gasteiger partial charge in [0.05, 0.1) is 13.4 Å². The quantitative estimate of drug-likeness (QED) is 0.364. The summed E-state index contributed by atoms with van der Waals surface area (Å²) in [6, 6.07) is 12.1. The number of furan rings is 1. The molecule has 0 bridgehead atoms. The number of ether oxygens (including phenoxy) is 1. The Morgan fingerprint density at radius 3 is 2.69 bits per heavy atom. The fraction of sp³-hybridized carbons (Fsp3) is 0.333. The minimum Gasteiger partial charge on any atom is -0.469 e. The molecule has 1 fully saturated rings. The van der Waals surface area contributed by atoms with Crippen LogP contribution in [0.5, 0.6) is 0 Å². The number of carbonyl (C=O) groups is 2. The van der Waals surface area contributed by atoms with Crippen LogP contribution in [0.4, 0.5) is 0 Å². The number of nitrogens with zero attached hydrogens (tertiary/aromatic N) is 1. The lowest BCUT2D eigenvalue weighted by molar-refractivity contribution is -0.486. The first-order valence-electron chi connectivity index (χ1n) is 8.08. The fourth-order valence-corrected chi connectivity index (χ4v) is 3.77. The zero-order valence-corrected chi connectivity index (χ0v) is 14.1. The van der Waals surface area contributed by atoms with Gasteiger partial charge in [0.2, 0.25) is 12.5 Å². The highest BCUT2D eigenvalue weighted by molar-refractivity contribution is 6.06. The van der Waals surface area contributed by atoms with E-state index in [0.29, 0.717) is 0 Å². The molecule has 26 heavy (non-hydrogen) atoms. The predicted octanol–water partition coefficient (Wildman–Crippen LogP) is 1.71. The van der Waals surface area contributed by atoms with E-state index >= 15 is 0 Å². The molecule has 0 spiro atoms. The Morgan fingerprint density at radius 1 is 1.38 bits per heavy atom. The number of hydrogen-bond donors (Lipinski definition) is 1. The molecule has 1 N–H and O–H groups in total. The van der Waals surface area contributed by atoms with E-state index in [1.54, 1.807) is 30.3 Å². The van der Waals surface area contributed by atoms with E-state index in [0.717, 1.165) is 5.56 Å². The number of methoxy groups -OCH3 is 1. The first-order chi connectivity index (χ1) is 12.5. The van der Waals surface area contributed by atoms with Crippen LogP contribution in [-0.2, 0) is 14.3 Å². The van der Waals surface area contributed by atoms with E-state index in [2.05, 4.69) is 5.32 Å². The van der Waals surface area contributed by atoms with Gasteiger partial charge in [0.1, 0.15) is 11.7 Å². The molecule has 136 valence electrons. The first kappa shape index (κ1) is 17.7. The summed E-state index contributed by atoms with van der Waals surface area (Å²) in [6.07, 6.45) is 1.36. The van der Waals surface area contributed by atoms with Gasteiger partial charge in [0.15, 0.2) is 5.41 Å². The molecule has 0 saturated carbocycles. The summed E-state index contributed by atoms with van der Waals surface area (Å²) in [5.74, 6) is -2.94. The number of esters is 1. The Hall–Kier alpha value is -3.16. The lowest BCUT2D eigenvalue weighted by Crippen LogP contribution is -2.49. The highest BCUT2D eigenvalue weighted by Crippen LogP contribution is 2.51. The maximum atomic E-state index is 12.9. The van der Waals surface area contributed by atoms with Crippen molar-refractivity contribution in [2.24, 2.45) is 5.41 Å². The molecule has 3 atom stereocenters. The van der Waals surface area contributed by atoms with Crippen molar-refractivity contribution < 1.29 is 23.7 Å². The minimum absolute atomic E-state index is 0.173. The van der Waals surface area contributed by atoms with Crippen molar-refractivity contribution in [2.75, 3.05) is 20.2 Å². The van der Waals surface area contributed by atoms with Gasteiger partial charge in [0.25, 0.3) is 0 Å². The van der Waals surface area contributed by atoms with Crippen LogP contribution in [0, 0.1) is 15.5 Å². The number of amides is 1. The van der Waals surface area contributed by atoms with E-state index in [1.165, 1.54) is 19.4 Å². The zero-order chi connectivity index (χ0) is 18.7. The monoisotopic (exact) mass is 358 g/mol. The highest BCUT2D eigenvalue weighted by atomic mass is 16.6. The zero-order valence-electron chi connectivity index (χ0n) is 14.1. The normalized spacial score (nSPS) is 23.3. The second kappa shape index (κ2) is 6.99. The molecule has 8 heteroatoms. The second-order valence-electron chi connectivity index (χ2n) is 6.12. The Balaban J connectivity index is 2.22. The number of rotatable bonds is 6. The summed E-state index contributed by atoms with van der Waals surface area (Å²) in [4.78, 5) is 36.6. The fourth-order valence-electron chi connectivity index (χ4n) is 3.77. The smallest absolute Gasteiger partial charge is 0.323 e. The van der Waals surface area contributed by atoms with Crippen LogP contribution in [0.25, 0.3) is 0 Å². The molecule has 1 aliphatic rings. The molecular formula is C18H18N2O6. The molecule has 1 aromatic carbocycles. The van der Waals surface area contributed by atoms with Crippen molar-refractivity contribution in [3.8, 4) is 0 Å². The molecule has 3 rings (SSSR count). The van der Waals surface area contributed by atoms with Gasteiger partial charge in [-0.15, -0.1) is 0 Å². The lowest BCUT2D eigenvalue weighted by atomic mass is 9.64. The van der Waals surface area contributed by atoms with E-state index < -0.39 is 40.6 Å². The van der Waals surface area contributed by atoms with Crippen molar-refractivity contribution in [1.82, 2.24) is 5.32 Å². The third-order valence-electron chi connectivity index (χ3n) is 4.89. The Bertz CT molecular complexity index is 804. The molecule has 2 aromatic rings. The average molecular weight is 358 g/mol. The van der Waals surface area contributed by atoms with Crippen molar-refractivity contribution in [1.29, 1.82) is 0 Å². The van der Waals surface area contributed by atoms with Crippen LogP contribution in [0.2, 0.25) is 0 Å². The van der Waals surface area contributed by atoms with Crippen molar-refractivity contribution in [3.63, 3.8) is 0 Å². The summed E-state index contributed by atoms with van der Waals surface area (Å²) in [7, 11) is 1.17. The van der Waals surface area contributed by atoms with Crippen LogP contribution in [0.1, 0.15) is 23.2 Å². The molecule has 1 aliphatic heterocycles. The Labute approximate surface area is 149 Å². The van der Waals surface area contributed by atoms with Gasteiger partial charge in [-0.2, -0.15) is 0 Å². The van der Waals surface area contributed by atoms with Gasteiger partial charge < -0.3 is 14.5 Å². The number of nitrogens with one attached hydrogen (secondary N) is 1. The molecule has 2 heterocycles. The standard InChI is InChI=1S/C18H18N2O6/c1-25-17(22)18(14(11-20(23)24)15-8-5-9-26-15)13(10-19-16(18)21)12-6-3-2-4-7-12/h2-9,13-14H,10-11H2,1H3,(H,19,21)/t13-,14-,18-/m0/s1. The molecule has 0 unspecified atom stereocenters. The van der Waals surface area contributed by atoms with Gasteiger partial charge in [-0.05, 0) is 17.7 Å². The number of benzene rings is 1. The summed E-state index contributed by atoms with van der Waals surface area (Å²) >= 11 is 0. The van der Waals surface area contributed by atoms with Crippen molar-refractivity contribution in [2.45, 2.75) is 11.8 Å². The van der Waals surface area contributed by atoms with Gasteiger partial charge in [-0.25, -0.2) is 0 Å². The summed E-state index contributed by atoms with van der Waals surface area (Å²) < 4.78 is 10.3. The third-order valence-corrected chi connectivity index (χ3v) is 4.89. The van der Waals surface area contributed by atoms with E-state index in [1.807, 2.05) is 6.07 Å². The summed E-state index contributed by atoms with van der Waals surface area (Å²) in [5, 5.41) is 14.0. The lowest BCUT2D eigenvalue weighted by Gasteiger charge is -2.34. The predicted molar refractivity (Wildman–Crippen MR) is 90.0 cm³/mol. The van der Waals surface area contributed by atoms with Crippen LogP contribution >= 0.6 is 0 Å². The van der Waals surface area contributed by atoms with Crippen LogP contribution in [-0.4, -0.2) is 37.0 Å². The van der Waals surface area contributed by atoms with Crippen LogP contribution in [0.3, 0.4) is 0 Å². The van der Waals surface area contributed by atoms with E-state index in [-0.39, 0.29) is 12.3 Å². The van der Waals surface area contributed by atoms with Gasteiger partial charge in [-0.3, -0.25) is 19.7 Å². The van der Waals surface area contributed by atoms with E-state index in [4.69, 9.17) is 9.15 Å². The first-order valence-corrected chi connectivity index (χ1v) is 8.08. The van der Waals surface area contributed by atoms with Gasteiger partial charge in [0, 0.05) is 17.4 Å². The maximum absolute atomic E-state index is 12.9. The number of nitro groups is 1.